The Labute approximate surface area is 119 Å². The van der Waals surface area contributed by atoms with Crippen molar-refractivity contribution in [3.8, 4) is 5.75 Å². The third-order valence-electron chi connectivity index (χ3n) is 4.06. The second kappa shape index (κ2) is 6.59. The molecule has 1 aliphatic rings. The lowest BCUT2D eigenvalue weighted by atomic mass is 9.98. The van der Waals surface area contributed by atoms with Gasteiger partial charge in [0.25, 0.3) is 0 Å². The molecular weight excluding hydrogens is 256 g/mol. The predicted octanol–water partition coefficient (Wildman–Crippen LogP) is 3.84. The molecule has 0 spiro atoms. The first-order valence-electron chi connectivity index (χ1n) is 7.27. The maximum Gasteiger partial charge on any atom is 0.311 e. The van der Waals surface area contributed by atoms with Gasteiger partial charge in [0.2, 0.25) is 0 Å². The Balaban J connectivity index is 2.04. The topological polar surface area (TPSA) is 64.4 Å². The van der Waals surface area contributed by atoms with Gasteiger partial charge in [-0.1, -0.05) is 19.8 Å². The summed E-state index contributed by atoms with van der Waals surface area (Å²) in [6, 6.07) is 4.98. The summed E-state index contributed by atoms with van der Waals surface area (Å²) in [6.45, 7) is 5.46. The smallest absolute Gasteiger partial charge is 0.311 e. The summed E-state index contributed by atoms with van der Waals surface area (Å²) in [7, 11) is 0. The summed E-state index contributed by atoms with van der Waals surface area (Å²) in [5, 5.41) is 14.3. The lowest BCUT2D eigenvalue weighted by molar-refractivity contribution is -0.385. The molecule has 110 valence electrons. The van der Waals surface area contributed by atoms with Crippen molar-refractivity contribution in [2.24, 2.45) is 11.8 Å². The quantitative estimate of drug-likeness (QED) is 0.634. The Hall–Kier alpha value is -1.78. The van der Waals surface area contributed by atoms with E-state index >= 15 is 0 Å². The van der Waals surface area contributed by atoms with Gasteiger partial charge in [0.05, 0.1) is 11.5 Å². The monoisotopic (exact) mass is 278 g/mol. The second-order valence-corrected chi connectivity index (χ2v) is 5.42. The summed E-state index contributed by atoms with van der Waals surface area (Å²) in [5.41, 5.74) is 0.907. The van der Waals surface area contributed by atoms with Crippen LogP contribution in [0.25, 0.3) is 0 Å². The fourth-order valence-electron chi connectivity index (χ4n) is 2.82. The van der Waals surface area contributed by atoms with Gasteiger partial charge in [-0.15, -0.1) is 0 Å². The van der Waals surface area contributed by atoms with Gasteiger partial charge in [-0.25, -0.2) is 0 Å². The van der Waals surface area contributed by atoms with Crippen LogP contribution in [0.5, 0.6) is 5.75 Å². The largest absolute Gasteiger partial charge is 0.487 e. The Bertz CT molecular complexity index is 476. The molecule has 0 saturated heterocycles. The van der Waals surface area contributed by atoms with Gasteiger partial charge in [0, 0.05) is 24.4 Å². The van der Waals surface area contributed by atoms with E-state index in [-0.39, 0.29) is 5.69 Å². The highest BCUT2D eigenvalue weighted by atomic mass is 16.6. The van der Waals surface area contributed by atoms with Gasteiger partial charge in [0.1, 0.15) is 0 Å². The van der Waals surface area contributed by atoms with Crippen LogP contribution in [-0.2, 0) is 0 Å². The van der Waals surface area contributed by atoms with Crippen LogP contribution in [0.2, 0.25) is 0 Å². The fraction of sp³-hybridized carbons (Fsp3) is 0.600. The summed E-state index contributed by atoms with van der Waals surface area (Å²) >= 11 is 0. The van der Waals surface area contributed by atoms with Crippen molar-refractivity contribution in [2.45, 2.75) is 33.1 Å². The molecule has 0 aromatic heterocycles. The van der Waals surface area contributed by atoms with Crippen LogP contribution in [0, 0.1) is 22.0 Å². The molecule has 2 atom stereocenters. The number of hydrogen-bond acceptors (Lipinski definition) is 4. The number of rotatable bonds is 6. The molecule has 1 aromatic carbocycles. The molecule has 2 unspecified atom stereocenters. The first-order valence-corrected chi connectivity index (χ1v) is 7.27. The molecule has 0 aliphatic heterocycles. The van der Waals surface area contributed by atoms with E-state index in [1.54, 1.807) is 12.1 Å². The summed E-state index contributed by atoms with van der Waals surface area (Å²) in [5.74, 6) is 1.79. The van der Waals surface area contributed by atoms with Crippen molar-refractivity contribution in [3.63, 3.8) is 0 Å². The third kappa shape index (κ3) is 3.40. The molecule has 1 aliphatic carbocycles. The minimum atomic E-state index is -0.409. The Morgan fingerprint density at radius 3 is 2.85 bits per heavy atom. The van der Waals surface area contributed by atoms with Crippen LogP contribution >= 0.6 is 0 Å². The van der Waals surface area contributed by atoms with E-state index in [1.807, 2.05) is 6.92 Å². The number of benzene rings is 1. The van der Waals surface area contributed by atoms with Crippen molar-refractivity contribution in [1.82, 2.24) is 0 Å². The summed E-state index contributed by atoms with van der Waals surface area (Å²) in [4.78, 5) is 10.5. The number of nitro groups is 1. The molecule has 1 fully saturated rings. The van der Waals surface area contributed by atoms with E-state index in [9.17, 15) is 10.1 Å². The lowest BCUT2D eigenvalue weighted by Gasteiger charge is -2.17. The summed E-state index contributed by atoms with van der Waals surface area (Å²) < 4.78 is 5.35. The minimum Gasteiger partial charge on any atom is -0.487 e. The van der Waals surface area contributed by atoms with Crippen LogP contribution < -0.4 is 10.1 Å². The van der Waals surface area contributed by atoms with Gasteiger partial charge < -0.3 is 10.1 Å². The summed E-state index contributed by atoms with van der Waals surface area (Å²) in [6.07, 6.45) is 3.87. The molecular formula is C15H22N2O3. The molecule has 5 heteroatoms. The molecule has 5 nitrogen and oxygen atoms in total. The third-order valence-corrected chi connectivity index (χ3v) is 4.06. The SMILES string of the molecule is CCOc1cc(NCC2CCCC2C)ccc1[N+](=O)[O-]. The van der Waals surface area contributed by atoms with Crippen LogP contribution in [0.15, 0.2) is 18.2 Å². The maximum atomic E-state index is 10.9. The zero-order valence-electron chi connectivity index (χ0n) is 12.1. The minimum absolute atomic E-state index is 0.0200. The molecule has 20 heavy (non-hydrogen) atoms. The van der Waals surface area contributed by atoms with E-state index in [1.165, 1.54) is 25.3 Å². The molecule has 1 aromatic rings. The molecule has 0 bridgehead atoms. The van der Waals surface area contributed by atoms with Gasteiger partial charge >= 0.3 is 5.69 Å². The highest BCUT2D eigenvalue weighted by Gasteiger charge is 2.23. The van der Waals surface area contributed by atoms with Crippen molar-refractivity contribution >= 4 is 11.4 Å². The molecule has 1 saturated carbocycles. The van der Waals surface area contributed by atoms with Gasteiger partial charge in [-0.3, -0.25) is 10.1 Å². The maximum absolute atomic E-state index is 10.9. The predicted molar refractivity (Wildman–Crippen MR) is 79.3 cm³/mol. The number of nitro benzene ring substituents is 1. The van der Waals surface area contributed by atoms with E-state index in [0.29, 0.717) is 18.3 Å². The van der Waals surface area contributed by atoms with Crippen molar-refractivity contribution < 1.29 is 9.66 Å². The number of nitrogens with one attached hydrogen (secondary N) is 1. The molecule has 2 rings (SSSR count). The average Bonchev–Trinajstić information content (AvgIpc) is 2.82. The second-order valence-electron chi connectivity index (χ2n) is 5.42. The van der Waals surface area contributed by atoms with E-state index in [0.717, 1.165) is 18.2 Å². The Morgan fingerprint density at radius 1 is 1.45 bits per heavy atom. The number of ether oxygens (including phenoxy) is 1. The molecule has 1 N–H and O–H groups in total. The standard InChI is InChI=1S/C15H22N2O3/c1-3-20-15-9-13(7-8-14(15)17(18)19)16-10-12-6-4-5-11(12)2/h7-9,11-12,16H,3-6,10H2,1-2H3. The van der Waals surface area contributed by atoms with E-state index < -0.39 is 4.92 Å². The highest BCUT2D eigenvalue weighted by molar-refractivity contribution is 5.58. The fourth-order valence-corrected chi connectivity index (χ4v) is 2.82. The molecule has 0 heterocycles. The van der Waals surface area contributed by atoms with Crippen molar-refractivity contribution in [1.29, 1.82) is 0 Å². The van der Waals surface area contributed by atoms with Crippen LogP contribution in [0.3, 0.4) is 0 Å². The van der Waals surface area contributed by atoms with E-state index in [4.69, 9.17) is 4.74 Å². The van der Waals surface area contributed by atoms with E-state index in [2.05, 4.69) is 12.2 Å². The van der Waals surface area contributed by atoms with Crippen LogP contribution in [0.1, 0.15) is 33.1 Å². The first kappa shape index (κ1) is 14.6. The normalized spacial score (nSPS) is 21.7. The Kier molecular flexibility index (Phi) is 4.82. The van der Waals surface area contributed by atoms with Crippen molar-refractivity contribution in [3.05, 3.63) is 28.3 Å². The van der Waals surface area contributed by atoms with Gasteiger partial charge in [-0.05, 0) is 31.2 Å². The lowest BCUT2D eigenvalue weighted by Crippen LogP contribution is -2.16. The molecule has 0 amide bonds. The highest BCUT2D eigenvalue weighted by Crippen LogP contribution is 2.33. The van der Waals surface area contributed by atoms with Crippen molar-refractivity contribution in [2.75, 3.05) is 18.5 Å². The Morgan fingerprint density at radius 2 is 2.25 bits per heavy atom. The number of hydrogen-bond donors (Lipinski definition) is 1. The van der Waals surface area contributed by atoms with Crippen LogP contribution in [0.4, 0.5) is 11.4 Å². The van der Waals surface area contributed by atoms with Crippen LogP contribution in [-0.4, -0.2) is 18.1 Å². The zero-order chi connectivity index (χ0) is 14.5. The number of nitrogens with zero attached hydrogens (tertiary/aromatic N) is 1. The van der Waals surface area contributed by atoms with Gasteiger partial charge in [0.15, 0.2) is 5.75 Å². The van der Waals surface area contributed by atoms with Gasteiger partial charge in [-0.2, -0.15) is 0 Å². The number of anilines is 1. The average molecular weight is 278 g/mol. The zero-order valence-corrected chi connectivity index (χ0v) is 12.1. The first-order chi connectivity index (χ1) is 9.61. The molecule has 0 radical (unpaired) electrons.